The molecule has 0 aliphatic rings. The number of ether oxygens (including phenoxy) is 2. The second-order valence-electron chi connectivity index (χ2n) is 7.05. The Morgan fingerprint density at radius 3 is 2.56 bits per heavy atom. The number of hydrogen-bond donors (Lipinski definition) is 3. The van der Waals surface area contributed by atoms with E-state index in [1.54, 1.807) is 31.2 Å². The van der Waals surface area contributed by atoms with E-state index in [0.29, 0.717) is 29.4 Å². The summed E-state index contributed by atoms with van der Waals surface area (Å²) in [4.78, 5) is 49.9. The first-order chi connectivity index (χ1) is 16.3. The number of aromatic nitrogens is 2. The smallest absolute Gasteiger partial charge is 0.357 e. The quantitative estimate of drug-likeness (QED) is 0.323. The highest BCUT2D eigenvalue weighted by Crippen LogP contribution is 2.29. The minimum Gasteiger partial charge on any atom is -0.490 e. The maximum Gasteiger partial charge on any atom is 0.357 e. The lowest BCUT2D eigenvalue weighted by molar-refractivity contribution is -0.386. The first kappa shape index (κ1) is 24.0. The standard InChI is InChI=1S/C23H22N4O7/c1-3-33-19-12-15(8-10-17-21(27(31)32)22(29)26-23(30)25-17)9-11-18(19)34-13-20(28)24-16-7-5-4-6-14(16)2/h4-12H,3,13H2,1-2H3,(H,24,28)(H2,25,26,29,30). The Hall–Kier alpha value is -4.67. The Bertz CT molecular complexity index is 1360. The van der Waals surface area contributed by atoms with Crippen molar-refractivity contribution < 1.29 is 19.2 Å². The summed E-state index contributed by atoms with van der Waals surface area (Å²) < 4.78 is 11.2. The van der Waals surface area contributed by atoms with Crippen molar-refractivity contribution in [2.75, 3.05) is 18.5 Å². The summed E-state index contributed by atoms with van der Waals surface area (Å²) in [5.41, 5.74) is -0.826. The van der Waals surface area contributed by atoms with Crippen LogP contribution in [0.25, 0.3) is 12.2 Å². The fraction of sp³-hybridized carbons (Fsp3) is 0.174. The van der Waals surface area contributed by atoms with Crippen LogP contribution in [0.4, 0.5) is 11.4 Å². The second-order valence-corrected chi connectivity index (χ2v) is 7.05. The van der Waals surface area contributed by atoms with Crippen LogP contribution >= 0.6 is 0 Å². The molecule has 0 saturated carbocycles. The Kier molecular flexibility index (Phi) is 7.60. The van der Waals surface area contributed by atoms with Crippen LogP contribution in [0.1, 0.15) is 23.7 Å². The topological polar surface area (TPSA) is 156 Å². The van der Waals surface area contributed by atoms with Gasteiger partial charge < -0.3 is 19.8 Å². The molecule has 0 unspecified atom stereocenters. The summed E-state index contributed by atoms with van der Waals surface area (Å²) in [6, 6.07) is 12.2. The number of amides is 1. The number of nitro groups is 1. The van der Waals surface area contributed by atoms with Gasteiger partial charge in [0, 0.05) is 5.69 Å². The molecule has 3 rings (SSSR count). The first-order valence-electron chi connectivity index (χ1n) is 10.2. The normalized spacial score (nSPS) is 10.8. The number of benzene rings is 2. The third-order valence-corrected chi connectivity index (χ3v) is 4.62. The van der Waals surface area contributed by atoms with E-state index >= 15 is 0 Å². The van der Waals surface area contributed by atoms with E-state index < -0.39 is 21.9 Å². The van der Waals surface area contributed by atoms with E-state index in [1.807, 2.05) is 30.1 Å². The Labute approximate surface area is 193 Å². The van der Waals surface area contributed by atoms with Crippen LogP contribution in [0.5, 0.6) is 11.5 Å². The average Bonchev–Trinajstić information content (AvgIpc) is 2.78. The number of aryl methyl sites for hydroxylation is 1. The molecule has 2 aromatic carbocycles. The minimum atomic E-state index is -1.10. The van der Waals surface area contributed by atoms with Crippen LogP contribution in [-0.4, -0.2) is 34.0 Å². The van der Waals surface area contributed by atoms with Gasteiger partial charge in [0.1, 0.15) is 5.69 Å². The maximum absolute atomic E-state index is 12.3. The molecular formula is C23H22N4O7. The van der Waals surface area contributed by atoms with Crippen molar-refractivity contribution in [3.8, 4) is 11.5 Å². The molecule has 3 N–H and O–H groups in total. The van der Waals surface area contributed by atoms with Gasteiger partial charge in [-0.1, -0.05) is 30.3 Å². The van der Waals surface area contributed by atoms with E-state index in [0.717, 1.165) is 5.56 Å². The first-order valence-corrected chi connectivity index (χ1v) is 10.2. The number of nitrogens with one attached hydrogen (secondary N) is 3. The largest absolute Gasteiger partial charge is 0.490 e. The predicted octanol–water partition coefficient (Wildman–Crippen LogP) is 2.87. The molecule has 0 aliphatic carbocycles. The van der Waals surface area contributed by atoms with Gasteiger partial charge in [0.05, 0.1) is 11.5 Å². The van der Waals surface area contributed by atoms with Gasteiger partial charge in [-0.3, -0.25) is 24.7 Å². The van der Waals surface area contributed by atoms with Gasteiger partial charge in [0.2, 0.25) is 0 Å². The average molecular weight is 466 g/mol. The molecule has 0 saturated heterocycles. The molecule has 3 aromatic rings. The monoisotopic (exact) mass is 466 g/mol. The summed E-state index contributed by atoms with van der Waals surface area (Å²) in [5.74, 6) is 0.336. The number of nitrogens with zero attached hydrogens (tertiary/aromatic N) is 1. The maximum atomic E-state index is 12.3. The van der Waals surface area contributed by atoms with Crippen molar-refractivity contribution in [3.05, 3.63) is 90.2 Å². The fourth-order valence-corrected chi connectivity index (χ4v) is 3.04. The molecule has 1 aromatic heterocycles. The van der Waals surface area contributed by atoms with E-state index in [1.165, 1.54) is 12.2 Å². The number of H-pyrrole nitrogens is 2. The number of para-hydroxylation sites is 1. The molecule has 0 radical (unpaired) electrons. The SMILES string of the molecule is CCOc1cc(C=Cc2[nH]c(=O)[nH]c(=O)c2[N+](=O)[O-])ccc1OCC(=O)Nc1ccccc1C. The lowest BCUT2D eigenvalue weighted by Crippen LogP contribution is -2.25. The molecule has 1 amide bonds. The molecule has 11 heteroatoms. The molecular weight excluding hydrogens is 444 g/mol. The molecule has 1 heterocycles. The molecule has 0 fully saturated rings. The van der Waals surface area contributed by atoms with Gasteiger partial charge in [0.15, 0.2) is 18.1 Å². The number of carbonyl (C=O) groups is 1. The Morgan fingerprint density at radius 2 is 1.85 bits per heavy atom. The Morgan fingerprint density at radius 1 is 1.09 bits per heavy atom. The zero-order chi connectivity index (χ0) is 24.7. The highest BCUT2D eigenvalue weighted by molar-refractivity contribution is 5.92. The summed E-state index contributed by atoms with van der Waals surface area (Å²) >= 11 is 0. The second kappa shape index (κ2) is 10.8. The number of anilines is 1. The van der Waals surface area contributed by atoms with Gasteiger partial charge in [-0.2, -0.15) is 0 Å². The molecule has 0 spiro atoms. The highest BCUT2D eigenvalue weighted by atomic mass is 16.6. The lowest BCUT2D eigenvalue weighted by atomic mass is 10.1. The third-order valence-electron chi connectivity index (χ3n) is 4.62. The molecule has 11 nitrogen and oxygen atoms in total. The van der Waals surface area contributed by atoms with Gasteiger partial charge in [-0.15, -0.1) is 0 Å². The highest BCUT2D eigenvalue weighted by Gasteiger charge is 2.19. The summed E-state index contributed by atoms with van der Waals surface area (Å²) in [6.07, 6.45) is 2.71. The van der Waals surface area contributed by atoms with Crippen molar-refractivity contribution in [3.63, 3.8) is 0 Å². The number of aromatic amines is 2. The van der Waals surface area contributed by atoms with Crippen LogP contribution in [0.15, 0.2) is 52.1 Å². The van der Waals surface area contributed by atoms with Crippen LogP contribution in [-0.2, 0) is 4.79 Å². The zero-order valence-electron chi connectivity index (χ0n) is 18.4. The molecule has 34 heavy (non-hydrogen) atoms. The molecule has 176 valence electrons. The number of carbonyl (C=O) groups excluding carboxylic acids is 1. The van der Waals surface area contributed by atoms with Gasteiger partial charge >= 0.3 is 16.9 Å². The van der Waals surface area contributed by atoms with Crippen LogP contribution in [0.2, 0.25) is 0 Å². The van der Waals surface area contributed by atoms with Crippen LogP contribution in [0, 0.1) is 17.0 Å². The zero-order valence-corrected chi connectivity index (χ0v) is 18.4. The fourth-order valence-electron chi connectivity index (χ4n) is 3.04. The third kappa shape index (κ3) is 5.97. The Balaban J connectivity index is 1.78. The van der Waals surface area contributed by atoms with E-state index in [4.69, 9.17) is 9.47 Å². The molecule has 0 aliphatic heterocycles. The van der Waals surface area contributed by atoms with Gasteiger partial charge in [-0.25, -0.2) is 4.79 Å². The minimum absolute atomic E-state index is 0.245. The van der Waals surface area contributed by atoms with Crippen LogP contribution < -0.4 is 26.0 Å². The van der Waals surface area contributed by atoms with Crippen molar-refractivity contribution in [1.29, 1.82) is 0 Å². The van der Waals surface area contributed by atoms with E-state index in [-0.39, 0.29) is 18.2 Å². The van der Waals surface area contributed by atoms with Crippen molar-refractivity contribution in [2.45, 2.75) is 13.8 Å². The van der Waals surface area contributed by atoms with Crippen molar-refractivity contribution >= 4 is 29.4 Å². The van der Waals surface area contributed by atoms with E-state index in [2.05, 4.69) is 10.3 Å². The van der Waals surface area contributed by atoms with Gasteiger partial charge in [-0.05, 0) is 49.2 Å². The van der Waals surface area contributed by atoms with Crippen molar-refractivity contribution in [2.24, 2.45) is 0 Å². The van der Waals surface area contributed by atoms with E-state index in [9.17, 15) is 24.5 Å². The summed E-state index contributed by atoms with van der Waals surface area (Å²) in [5, 5.41) is 13.9. The predicted molar refractivity (Wildman–Crippen MR) is 126 cm³/mol. The molecule has 0 bridgehead atoms. The number of hydrogen-bond acceptors (Lipinski definition) is 7. The van der Waals surface area contributed by atoms with Crippen molar-refractivity contribution in [1.82, 2.24) is 9.97 Å². The summed E-state index contributed by atoms with van der Waals surface area (Å²) in [7, 11) is 0. The van der Waals surface area contributed by atoms with Gasteiger partial charge in [0.25, 0.3) is 5.91 Å². The summed E-state index contributed by atoms with van der Waals surface area (Å²) in [6.45, 7) is 3.74. The van der Waals surface area contributed by atoms with Crippen LogP contribution in [0.3, 0.4) is 0 Å². The lowest BCUT2D eigenvalue weighted by Gasteiger charge is -2.13. The number of rotatable bonds is 9. The molecule has 0 atom stereocenters.